The van der Waals surface area contributed by atoms with Crippen LogP contribution in [-0.4, -0.2) is 31.1 Å². The summed E-state index contributed by atoms with van der Waals surface area (Å²) in [4.78, 5) is -1.35. The average molecular weight is 386 g/mol. The zero-order valence-electron chi connectivity index (χ0n) is 13.0. The van der Waals surface area contributed by atoms with Crippen LogP contribution in [-0.2, 0) is 16.3 Å². The fourth-order valence-corrected chi connectivity index (χ4v) is 4.24. The third-order valence-electron chi connectivity index (χ3n) is 4.58. The summed E-state index contributed by atoms with van der Waals surface area (Å²) in [5, 5.41) is 9.75. The molecule has 25 heavy (non-hydrogen) atoms. The molecule has 0 amide bonds. The number of rotatable bonds is 3. The molecule has 1 saturated carbocycles. The molecule has 0 spiro atoms. The lowest BCUT2D eigenvalue weighted by Crippen LogP contribution is -2.32. The number of benzene rings is 1. The number of sulfone groups is 1. The van der Waals surface area contributed by atoms with Gasteiger partial charge < -0.3 is 9.84 Å². The lowest BCUT2D eigenvalue weighted by atomic mass is 9.84. The van der Waals surface area contributed by atoms with Crippen LogP contribution in [0.5, 0.6) is 5.75 Å². The number of hydrogen-bond acceptors (Lipinski definition) is 4. The van der Waals surface area contributed by atoms with Crippen LogP contribution in [0.4, 0.5) is 22.0 Å². The first kappa shape index (κ1) is 18.4. The first-order chi connectivity index (χ1) is 11.3. The average Bonchev–Trinajstić information content (AvgIpc) is 2.67. The van der Waals surface area contributed by atoms with Gasteiger partial charge in [-0.2, -0.15) is 13.2 Å². The number of halogens is 5. The van der Waals surface area contributed by atoms with Crippen molar-refractivity contribution in [3.05, 3.63) is 23.3 Å². The standard InChI is InChI=1S/C15H15F5O4S/c1-7-4-8(5-7)24-10-2-3-11(25(22,23)15(18,19)20)12-9(10)6-14(16,17)13(12)21/h2-3,7-8,13,21H,4-6H2,1H3/t7-,8-,13-/m0/s1. The Balaban J connectivity index is 2.11. The topological polar surface area (TPSA) is 63.6 Å². The number of hydrogen-bond donors (Lipinski definition) is 1. The van der Waals surface area contributed by atoms with Crippen molar-refractivity contribution in [2.45, 2.75) is 54.7 Å². The molecule has 0 bridgehead atoms. The second-order valence-corrected chi connectivity index (χ2v) is 8.47. The van der Waals surface area contributed by atoms with E-state index in [1.165, 1.54) is 0 Å². The lowest BCUT2D eigenvalue weighted by Gasteiger charge is -2.33. The van der Waals surface area contributed by atoms with Crippen molar-refractivity contribution >= 4 is 9.84 Å². The van der Waals surface area contributed by atoms with Crippen LogP contribution in [0.1, 0.15) is 37.0 Å². The smallest absolute Gasteiger partial charge is 0.490 e. The Morgan fingerprint density at radius 3 is 2.36 bits per heavy atom. The van der Waals surface area contributed by atoms with Crippen molar-refractivity contribution in [2.24, 2.45) is 5.92 Å². The number of fused-ring (bicyclic) bond motifs is 1. The molecule has 1 N–H and O–H groups in total. The summed E-state index contributed by atoms with van der Waals surface area (Å²) < 4.78 is 95.2. The second-order valence-electron chi connectivity index (χ2n) is 6.56. The zero-order valence-corrected chi connectivity index (χ0v) is 13.8. The van der Waals surface area contributed by atoms with E-state index in [1.54, 1.807) is 0 Å². The van der Waals surface area contributed by atoms with Crippen molar-refractivity contribution in [3.63, 3.8) is 0 Å². The highest BCUT2D eigenvalue weighted by molar-refractivity contribution is 7.92. The Labute approximate surface area is 140 Å². The lowest BCUT2D eigenvalue weighted by molar-refractivity contribution is -0.0979. The Bertz CT molecular complexity index is 797. The van der Waals surface area contributed by atoms with Gasteiger partial charge in [-0.25, -0.2) is 17.2 Å². The summed E-state index contributed by atoms with van der Waals surface area (Å²) in [6.45, 7) is 1.96. The van der Waals surface area contributed by atoms with Crippen LogP contribution in [0.25, 0.3) is 0 Å². The normalized spacial score (nSPS) is 28.4. The van der Waals surface area contributed by atoms with Crippen LogP contribution in [0, 0.1) is 5.92 Å². The predicted molar refractivity (Wildman–Crippen MR) is 76.1 cm³/mol. The largest absolute Gasteiger partial charge is 0.501 e. The molecule has 140 valence electrons. The van der Waals surface area contributed by atoms with E-state index < -0.39 is 44.3 Å². The third kappa shape index (κ3) is 2.88. The van der Waals surface area contributed by atoms with Gasteiger partial charge in [-0.3, -0.25) is 0 Å². The maximum Gasteiger partial charge on any atom is 0.501 e. The highest BCUT2D eigenvalue weighted by Gasteiger charge is 2.55. The van der Waals surface area contributed by atoms with Gasteiger partial charge in [0.15, 0.2) is 0 Å². The van der Waals surface area contributed by atoms with Crippen LogP contribution < -0.4 is 4.74 Å². The fourth-order valence-electron chi connectivity index (χ4n) is 3.22. The van der Waals surface area contributed by atoms with Crippen molar-refractivity contribution in [1.82, 2.24) is 0 Å². The molecule has 0 saturated heterocycles. The molecule has 4 nitrogen and oxygen atoms in total. The number of alkyl halides is 5. The number of aliphatic hydroxyl groups is 1. The number of ether oxygens (including phenoxy) is 1. The van der Waals surface area contributed by atoms with E-state index >= 15 is 0 Å². The van der Waals surface area contributed by atoms with Gasteiger partial charge in [0, 0.05) is 17.5 Å². The van der Waals surface area contributed by atoms with Crippen molar-refractivity contribution < 1.29 is 40.2 Å². The fraction of sp³-hybridized carbons (Fsp3) is 0.600. The molecule has 1 fully saturated rings. The van der Waals surface area contributed by atoms with E-state index in [4.69, 9.17) is 4.74 Å². The van der Waals surface area contributed by atoms with E-state index in [2.05, 4.69) is 0 Å². The summed E-state index contributed by atoms with van der Waals surface area (Å²) in [5.74, 6) is -3.50. The minimum Gasteiger partial charge on any atom is -0.490 e. The highest BCUT2D eigenvalue weighted by atomic mass is 32.2. The Morgan fingerprint density at radius 2 is 1.84 bits per heavy atom. The van der Waals surface area contributed by atoms with Gasteiger partial charge in [0.2, 0.25) is 0 Å². The van der Waals surface area contributed by atoms with Crippen molar-refractivity contribution in [2.75, 3.05) is 0 Å². The SMILES string of the molecule is C[C@H]1C[C@H](Oc2ccc(S(=O)(=O)C(F)(F)F)c3c2CC(F)(F)[C@H]3O)C1. The molecule has 0 aliphatic heterocycles. The molecule has 1 aromatic rings. The first-order valence-electron chi connectivity index (χ1n) is 7.54. The third-order valence-corrected chi connectivity index (χ3v) is 6.12. The summed E-state index contributed by atoms with van der Waals surface area (Å²) in [7, 11) is -5.88. The molecular formula is C15H15F5O4S. The van der Waals surface area contributed by atoms with E-state index in [-0.39, 0.29) is 17.4 Å². The van der Waals surface area contributed by atoms with Crippen molar-refractivity contribution in [1.29, 1.82) is 0 Å². The minimum absolute atomic E-state index is 0.107. The zero-order chi connectivity index (χ0) is 18.8. The Morgan fingerprint density at radius 1 is 1.24 bits per heavy atom. The Hall–Kier alpha value is -1.42. The Kier molecular flexibility index (Phi) is 4.07. The van der Waals surface area contributed by atoms with E-state index in [0.717, 1.165) is 6.07 Å². The van der Waals surface area contributed by atoms with Gasteiger partial charge in [0.1, 0.15) is 11.9 Å². The van der Waals surface area contributed by atoms with Gasteiger partial charge in [-0.05, 0) is 30.9 Å². The molecule has 3 rings (SSSR count). The highest BCUT2D eigenvalue weighted by Crippen LogP contribution is 2.51. The summed E-state index contributed by atoms with van der Waals surface area (Å²) in [5.41, 5.74) is -6.97. The maximum absolute atomic E-state index is 13.9. The molecular weight excluding hydrogens is 371 g/mol. The van der Waals surface area contributed by atoms with Gasteiger partial charge in [0.25, 0.3) is 15.8 Å². The molecule has 2 aliphatic rings. The number of aliphatic hydroxyl groups excluding tert-OH is 1. The second kappa shape index (κ2) is 5.54. The molecule has 1 aromatic carbocycles. The molecule has 0 heterocycles. The van der Waals surface area contributed by atoms with Crippen LogP contribution in [0.3, 0.4) is 0 Å². The van der Waals surface area contributed by atoms with E-state index in [0.29, 0.717) is 24.8 Å². The van der Waals surface area contributed by atoms with Crippen LogP contribution in [0.2, 0.25) is 0 Å². The molecule has 0 unspecified atom stereocenters. The van der Waals surface area contributed by atoms with Crippen LogP contribution in [0.15, 0.2) is 17.0 Å². The summed E-state index contributed by atoms with van der Waals surface area (Å²) >= 11 is 0. The monoisotopic (exact) mass is 386 g/mol. The van der Waals surface area contributed by atoms with Crippen molar-refractivity contribution in [3.8, 4) is 5.75 Å². The quantitative estimate of drug-likeness (QED) is 0.809. The van der Waals surface area contributed by atoms with Gasteiger partial charge in [-0.1, -0.05) is 6.92 Å². The molecule has 10 heteroatoms. The maximum atomic E-state index is 13.9. The van der Waals surface area contributed by atoms with Gasteiger partial charge in [-0.15, -0.1) is 0 Å². The molecule has 2 aliphatic carbocycles. The predicted octanol–water partition coefficient (Wildman–Crippen LogP) is 3.38. The summed E-state index contributed by atoms with van der Waals surface area (Å²) in [6.07, 6.45) is -2.66. The van der Waals surface area contributed by atoms with Gasteiger partial charge in [0.05, 0.1) is 11.0 Å². The van der Waals surface area contributed by atoms with Gasteiger partial charge >= 0.3 is 5.51 Å². The van der Waals surface area contributed by atoms with E-state index in [9.17, 15) is 35.5 Å². The molecule has 0 aromatic heterocycles. The van der Waals surface area contributed by atoms with E-state index in [1.807, 2.05) is 6.92 Å². The molecule has 0 radical (unpaired) electrons. The van der Waals surface area contributed by atoms with Crippen LogP contribution >= 0.6 is 0 Å². The molecule has 1 atom stereocenters. The minimum atomic E-state index is -5.88. The summed E-state index contributed by atoms with van der Waals surface area (Å²) in [6, 6.07) is 1.53. The first-order valence-corrected chi connectivity index (χ1v) is 9.02.